The van der Waals surface area contributed by atoms with E-state index < -0.39 is 0 Å². The molecule has 0 bridgehead atoms. The van der Waals surface area contributed by atoms with E-state index in [4.69, 9.17) is 0 Å². The van der Waals surface area contributed by atoms with E-state index in [0.717, 1.165) is 19.4 Å². The van der Waals surface area contributed by atoms with Gasteiger partial charge in [0.1, 0.15) is 0 Å². The Morgan fingerprint density at radius 2 is 2.14 bits per heavy atom. The predicted octanol–water partition coefficient (Wildman–Crippen LogP) is 1.23. The molecule has 116 valence electrons. The monoisotopic (exact) mass is 300 g/mol. The van der Waals surface area contributed by atoms with Crippen molar-refractivity contribution in [2.75, 3.05) is 32.1 Å². The van der Waals surface area contributed by atoms with Gasteiger partial charge in [0.2, 0.25) is 11.9 Å². The average molecular weight is 300 g/mol. The summed E-state index contributed by atoms with van der Waals surface area (Å²) in [7, 11) is 3.55. The predicted molar refractivity (Wildman–Crippen MR) is 86.0 cm³/mol. The van der Waals surface area contributed by atoms with Crippen molar-refractivity contribution >= 4 is 22.8 Å². The lowest BCUT2D eigenvalue weighted by molar-refractivity contribution is -0.133. The number of nitrogens with one attached hydrogen (secondary N) is 1. The van der Waals surface area contributed by atoms with E-state index in [1.807, 2.05) is 23.1 Å². The first-order valence-electron chi connectivity index (χ1n) is 7.51. The number of aromatic amines is 1. The molecule has 1 aromatic carbocycles. The summed E-state index contributed by atoms with van der Waals surface area (Å²) in [6, 6.07) is 7.29. The topological polar surface area (TPSA) is 69.3 Å². The summed E-state index contributed by atoms with van der Waals surface area (Å²) in [6.07, 6.45) is 1.80. The highest BCUT2D eigenvalue weighted by molar-refractivity contribution is 5.80. The van der Waals surface area contributed by atoms with Gasteiger partial charge in [-0.1, -0.05) is 12.1 Å². The van der Waals surface area contributed by atoms with Gasteiger partial charge >= 0.3 is 0 Å². The first kappa shape index (κ1) is 14.6. The molecule has 2 aromatic rings. The summed E-state index contributed by atoms with van der Waals surface area (Å²) < 4.78 is 0. The van der Waals surface area contributed by atoms with Gasteiger partial charge in [0.15, 0.2) is 0 Å². The summed E-state index contributed by atoms with van der Waals surface area (Å²) in [6.45, 7) is 1.40. The molecular formula is C16H20N4O2. The van der Waals surface area contributed by atoms with Crippen LogP contribution in [0.15, 0.2) is 29.1 Å². The van der Waals surface area contributed by atoms with E-state index in [9.17, 15) is 9.59 Å². The van der Waals surface area contributed by atoms with Gasteiger partial charge in [0, 0.05) is 27.2 Å². The minimum atomic E-state index is -0.137. The lowest BCUT2D eigenvalue weighted by Gasteiger charge is -2.33. The summed E-state index contributed by atoms with van der Waals surface area (Å²) in [5, 5.41) is 0.587. The molecule has 1 unspecified atom stereocenters. The third kappa shape index (κ3) is 2.68. The van der Waals surface area contributed by atoms with Crippen LogP contribution in [0, 0.1) is 5.92 Å². The molecule has 1 aliphatic heterocycles. The molecule has 1 aromatic heterocycles. The molecule has 0 spiro atoms. The largest absolute Gasteiger partial charge is 0.349 e. The van der Waals surface area contributed by atoms with Crippen molar-refractivity contribution in [2.45, 2.75) is 12.8 Å². The van der Waals surface area contributed by atoms with Gasteiger partial charge in [0.05, 0.1) is 16.8 Å². The number of carbonyl (C=O) groups is 1. The minimum absolute atomic E-state index is 0.0412. The number of rotatable bonds is 2. The molecule has 1 amide bonds. The van der Waals surface area contributed by atoms with Crippen LogP contribution in [0.1, 0.15) is 12.8 Å². The van der Waals surface area contributed by atoms with Gasteiger partial charge in [-0.3, -0.25) is 14.6 Å². The number of anilines is 1. The van der Waals surface area contributed by atoms with Crippen molar-refractivity contribution in [3.8, 4) is 0 Å². The van der Waals surface area contributed by atoms with E-state index in [1.54, 1.807) is 25.1 Å². The van der Waals surface area contributed by atoms with Gasteiger partial charge in [-0.05, 0) is 25.0 Å². The lowest BCUT2D eigenvalue weighted by Crippen LogP contribution is -2.43. The van der Waals surface area contributed by atoms with Crippen LogP contribution in [0.25, 0.3) is 10.9 Å². The summed E-state index contributed by atoms with van der Waals surface area (Å²) in [4.78, 5) is 35.3. The maximum atomic E-state index is 12.2. The Morgan fingerprint density at radius 3 is 2.91 bits per heavy atom. The van der Waals surface area contributed by atoms with Crippen LogP contribution < -0.4 is 10.5 Å². The molecule has 3 rings (SSSR count). The quantitative estimate of drug-likeness (QED) is 0.905. The zero-order chi connectivity index (χ0) is 15.7. The molecule has 1 saturated heterocycles. The van der Waals surface area contributed by atoms with Crippen LogP contribution >= 0.6 is 0 Å². The molecule has 1 fully saturated rings. The Balaban J connectivity index is 1.90. The Morgan fingerprint density at radius 1 is 1.36 bits per heavy atom. The van der Waals surface area contributed by atoms with E-state index in [2.05, 4.69) is 9.97 Å². The molecule has 6 heteroatoms. The van der Waals surface area contributed by atoms with Gasteiger partial charge in [-0.25, -0.2) is 4.98 Å². The zero-order valence-electron chi connectivity index (χ0n) is 12.9. The number of fused-ring (bicyclic) bond motifs is 1. The lowest BCUT2D eigenvalue weighted by atomic mass is 9.97. The molecule has 6 nitrogen and oxygen atoms in total. The third-order valence-corrected chi connectivity index (χ3v) is 4.11. The number of aromatic nitrogens is 2. The SMILES string of the molecule is CN(C)C(=O)C1CCCN(c2nc3ccccc3c(=O)[nH]2)C1. The van der Waals surface area contributed by atoms with Crippen molar-refractivity contribution in [3.05, 3.63) is 34.6 Å². The number of amides is 1. The first-order valence-corrected chi connectivity index (χ1v) is 7.51. The van der Waals surface area contributed by atoms with Crippen LogP contribution in [0.4, 0.5) is 5.95 Å². The number of para-hydroxylation sites is 1. The second kappa shape index (κ2) is 5.79. The van der Waals surface area contributed by atoms with Crippen LogP contribution in [0.2, 0.25) is 0 Å². The molecular weight excluding hydrogens is 280 g/mol. The Labute approximate surface area is 128 Å². The van der Waals surface area contributed by atoms with Gasteiger partial charge < -0.3 is 9.80 Å². The van der Waals surface area contributed by atoms with E-state index in [-0.39, 0.29) is 17.4 Å². The molecule has 0 radical (unpaired) electrons. The number of carbonyl (C=O) groups excluding carboxylic acids is 1. The van der Waals surface area contributed by atoms with E-state index in [0.29, 0.717) is 23.4 Å². The highest BCUT2D eigenvalue weighted by Gasteiger charge is 2.28. The molecule has 2 heterocycles. The second-order valence-electron chi connectivity index (χ2n) is 5.92. The summed E-state index contributed by atoms with van der Waals surface area (Å²) >= 11 is 0. The molecule has 1 N–H and O–H groups in total. The van der Waals surface area contributed by atoms with Crippen molar-refractivity contribution < 1.29 is 4.79 Å². The van der Waals surface area contributed by atoms with Crippen LogP contribution in [0.5, 0.6) is 0 Å². The molecule has 0 saturated carbocycles. The van der Waals surface area contributed by atoms with Crippen molar-refractivity contribution in [3.63, 3.8) is 0 Å². The minimum Gasteiger partial charge on any atom is -0.349 e. The normalized spacial score (nSPS) is 18.5. The zero-order valence-corrected chi connectivity index (χ0v) is 12.9. The highest BCUT2D eigenvalue weighted by atomic mass is 16.2. The van der Waals surface area contributed by atoms with Crippen molar-refractivity contribution in [2.24, 2.45) is 5.92 Å². The number of hydrogen-bond acceptors (Lipinski definition) is 4. The number of benzene rings is 1. The number of hydrogen-bond donors (Lipinski definition) is 1. The Bertz CT molecular complexity index is 753. The fraction of sp³-hybridized carbons (Fsp3) is 0.438. The highest BCUT2D eigenvalue weighted by Crippen LogP contribution is 2.22. The third-order valence-electron chi connectivity index (χ3n) is 4.11. The van der Waals surface area contributed by atoms with Crippen LogP contribution in [-0.4, -0.2) is 48.0 Å². The van der Waals surface area contributed by atoms with Gasteiger partial charge in [-0.15, -0.1) is 0 Å². The number of piperidine rings is 1. The molecule has 22 heavy (non-hydrogen) atoms. The molecule has 0 aliphatic carbocycles. The molecule has 1 aliphatic rings. The standard InChI is InChI=1S/C16H20N4O2/c1-19(2)15(22)11-6-5-9-20(10-11)16-17-13-8-4-3-7-12(13)14(21)18-16/h3-4,7-8,11H,5-6,9-10H2,1-2H3,(H,17,18,21). The summed E-state index contributed by atoms with van der Waals surface area (Å²) in [5.74, 6) is 0.647. The van der Waals surface area contributed by atoms with Crippen molar-refractivity contribution in [1.82, 2.24) is 14.9 Å². The van der Waals surface area contributed by atoms with Crippen LogP contribution in [0.3, 0.4) is 0 Å². The number of H-pyrrole nitrogens is 1. The van der Waals surface area contributed by atoms with Gasteiger partial charge in [-0.2, -0.15) is 0 Å². The van der Waals surface area contributed by atoms with E-state index >= 15 is 0 Å². The van der Waals surface area contributed by atoms with Crippen LogP contribution in [-0.2, 0) is 4.79 Å². The first-order chi connectivity index (χ1) is 10.6. The fourth-order valence-corrected chi connectivity index (χ4v) is 2.96. The maximum Gasteiger partial charge on any atom is 0.260 e. The maximum absolute atomic E-state index is 12.2. The van der Waals surface area contributed by atoms with E-state index in [1.165, 1.54) is 0 Å². The van der Waals surface area contributed by atoms with Gasteiger partial charge in [0.25, 0.3) is 5.56 Å². The molecule has 1 atom stereocenters. The Hall–Kier alpha value is -2.37. The van der Waals surface area contributed by atoms with Crippen molar-refractivity contribution in [1.29, 1.82) is 0 Å². The smallest absolute Gasteiger partial charge is 0.260 e. The summed E-state index contributed by atoms with van der Waals surface area (Å²) in [5.41, 5.74) is 0.545. The number of nitrogens with zero attached hydrogens (tertiary/aromatic N) is 3. The average Bonchev–Trinajstić information content (AvgIpc) is 2.54. The Kier molecular flexibility index (Phi) is 3.83. The fourth-order valence-electron chi connectivity index (χ4n) is 2.96. The second-order valence-corrected chi connectivity index (χ2v) is 5.92.